The van der Waals surface area contributed by atoms with Crippen LogP contribution in [0.2, 0.25) is 0 Å². The Morgan fingerprint density at radius 1 is 0.547 bits per heavy atom. The van der Waals surface area contributed by atoms with Gasteiger partial charge in [-0.15, -0.1) is 0 Å². The maximum atomic E-state index is 13.4. The van der Waals surface area contributed by atoms with Crippen LogP contribution in [0.3, 0.4) is 0 Å². The first kappa shape index (κ1) is 64.0. The molecule has 0 aliphatic carbocycles. The third kappa shape index (κ3) is 23.2. The molecule has 0 aromatic heterocycles. The van der Waals surface area contributed by atoms with Crippen LogP contribution in [0.1, 0.15) is 68.2 Å². The fourth-order valence-electron chi connectivity index (χ4n) is 6.46. The number of methoxy groups -OCH3 is 1. The molecule has 4 aromatic carbocycles. The van der Waals surface area contributed by atoms with Gasteiger partial charge in [-0.25, -0.2) is 14.4 Å². The summed E-state index contributed by atoms with van der Waals surface area (Å²) >= 11 is 12.2. The largest absolute Gasteiger partial charge is 0.519 e. The lowest BCUT2D eigenvalue weighted by Crippen LogP contribution is -2.42. The van der Waals surface area contributed by atoms with E-state index in [9.17, 15) is 38.4 Å². The monoisotopic (exact) mass is 1710 g/mol. The molecule has 0 fully saturated rings. The van der Waals surface area contributed by atoms with Gasteiger partial charge in [0.15, 0.2) is 29.8 Å². The van der Waals surface area contributed by atoms with Crippen molar-refractivity contribution in [3.8, 4) is 23.0 Å². The summed E-state index contributed by atoms with van der Waals surface area (Å²) in [5.74, 6) is -1.33. The quantitative estimate of drug-likeness (QED) is 0.00855. The second kappa shape index (κ2) is 33.1. The number of hydrogen-bond acceptors (Lipinski definition) is 17. The molecule has 1 amide bonds. The van der Waals surface area contributed by atoms with Gasteiger partial charge in [-0.05, 0) is 239 Å². The predicted octanol–water partition coefficient (Wildman–Crippen LogP) is 10.7. The van der Waals surface area contributed by atoms with Gasteiger partial charge in [-0.2, -0.15) is 0 Å². The molecule has 0 saturated carbocycles. The SMILES string of the molecule is C=C(C)C(=O)OCCCC(=O)C(Cc1ccc(OC(=O)OCOC)cc1)NC(=O)CCc1cc(I)c(OC(=O)Oc2c(I)cc(CC(=O)OCCCOC(=O)CCc3cc(I)c(OC(C)=O)c(I)c3)cc2I)c(I)c1. The molecule has 18 nitrogen and oxygen atoms in total. The van der Waals surface area contributed by atoms with Crippen LogP contribution in [0, 0.1) is 21.4 Å². The standard InChI is InChI=1S/C51H49I6NO17/c1-28(2)49(64)70-16-5-7-42(60)41(25-30-8-12-34(13-9-30)73-50(65)71-27-67-4)58-43(61)14-10-31-19-37(54)47(38(55)20-31)74-51(66)75-48-39(56)23-33(24-40(48)57)26-45(63)69-18-6-17-68-44(62)15-11-32-21-35(52)46(36(53)22-32)72-29(3)59/h8-9,12-13,19-24,41H,1,5-7,10-11,14-18,25-27H2,2-4H3,(H,58,61). The summed E-state index contributed by atoms with van der Waals surface area (Å²) in [6.07, 6.45) is -0.394. The molecule has 1 unspecified atom stereocenters. The highest BCUT2D eigenvalue weighted by Crippen LogP contribution is 2.33. The molecule has 24 heteroatoms. The summed E-state index contributed by atoms with van der Waals surface area (Å²) in [4.78, 5) is 100.0. The summed E-state index contributed by atoms with van der Waals surface area (Å²) in [6.45, 7) is 6.25. The van der Waals surface area contributed by atoms with Gasteiger partial charge in [0.1, 0.15) is 5.75 Å². The lowest BCUT2D eigenvalue weighted by Gasteiger charge is -2.19. The number of esters is 4. The molecule has 0 aliphatic heterocycles. The van der Waals surface area contributed by atoms with Crippen molar-refractivity contribution < 1.29 is 81.0 Å². The van der Waals surface area contributed by atoms with Crippen molar-refractivity contribution in [3.63, 3.8) is 0 Å². The summed E-state index contributed by atoms with van der Waals surface area (Å²) in [5.41, 5.74) is 3.20. The van der Waals surface area contributed by atoms with Gasteiger partial charge in [0.05, 0.1) is 53.7 Å². The number of rotatable bonds is 27. The number of hydrogen-bond donors (Lipinski definition) is 1. The summed E-state index contributed by atoms with van der Waals surface area (Å²) in [5, 5.41) is 2.85. The molecule has 0 aliphatic rings. The number of ether oxygens (including phenoxy) is 9. The normalized spacial score (nSPS) is 11.1. The molecule has 402 valence electrons. The number of ketones is 1. The molecule has 0 heterocycles. The van der Waals surface area contributed by atoms with Gasteiger partial charge in [-0.3, -0.25) is 24.0 Å². The van der Waals surface area contributed by atoms with Crippen LogP contribution in [-0.4, -0.2) is 87.6 Å². The van der Waals surface area contributed by atoms with Gasteiger partial charge in [0, 0.05) is 45.3 Å². The molecule has 0 bridgehead atoms. The van der Waals surface area contributed by atoms with Crippen molar-refractivity contribution >= 4 is 183 Å². The highest BCUT2D eigenvalue weighted by Gasteiger charge is 2.24. The number of amides is 1. The Bertz CT molecular complexity index is 2680. The van der Waals surface area contributed by atoms with Crippen LogP contribution in [0.4, 0.5) is 9.59 Å². The molecule has 0 spiro atoms. The second-order valence-electron chi connectivity index (χ2n) is 16.0. The van der Waals surface area contributed by atoms with E-state index in [-0.39, 0.29) is 106 Å². The Balaban J connectivity index is 1.25. The molecule has 0 radical (unpaired) electrons. The smallest absolute Gasteiger partial charge is 0.466 e. The van der Waals surface area contributed by atoms with Crippen LogP contribution < -0.4 is 24.3 Å². The molecule has 1 N–H and O–H groups in total. The van der Waals surface area contributed by atoms with E-state index in [1.54, 1.807) is 36.4 Å². The Hall–Kier alpha value is -3.48. The van der Waals surface area contributed by atoms with Crippen LogP contribution in [0.25, 0.3) is 0 Å². The minimum atomic E-state index is -0.988. The molecule has 75 heavy (non-hydrogen) atoms. The molecular formula is C51H49I6NO17. The lowest BCUT2D eigenvalue weighted by atomic mass is 9.99. The van der Waals surface area contributed by atoms with Crippen molar-refractivity contribution in [1.82, 2.24) is 5.32 Å². The first-order valence-electron chi connectivity index (χ1n) is 22.5. The van der Waals surface area contributed by atoms with Crippen molar-refractivity contribution in [2.24, 2.45) is 0 Å². The van der Waals surface area contributed by atoms with E-state index < -0.39 is 42.2 Å². The summed E-state index contributed by atoms with van der Waals surface area (Å²) in [6, 6.07) is 16.1. The number of carbonyl (C=O) groups is 8. The highest BCUT2D eigenvalue weighted by molar-refractivity contribution is 14.1. The highest BCUT2D eigenvalue weighted by atomic mass is 127. The first-order chi connectivity index (χ1) is 35.6. The minimum Gasteiger partial charge on any atom is -0.466 e. The van der Waals surface area contributed by atoms with Gasteiger partial charge >= 0.3 is 36.2 Å². The van der Waals surface area contributed by atoms with Crippen molar-refractivity contribution in [3.05, 3.63) is 116 Å². The summed E-state index contributed by atoms with van der Waals surface area (Å²) < 4.78 is 50.7. The topological polar surface area (TPSA) is 232 Å². The average Bonchev–Trinajstić information content (AvgIpc) is 3.34. The Morgan fingerprint density at radius 2 is 1.04 bits per heavy atom. The van der Waals surface area contributed by atoms with E-state index in [0.29, 0.717) is 44.0 Å². The van der Waals surface area contributed by atoms with Crippen molar-refractivity contribution in [1.29, 1.82) is 0 Å². The Kier molecular flexibility index (Phi) is 28.2. The van der Waals surface area contributed by atoms with Crippen molar-refractivity contribution in [2.45, 2.75) is 77.7 Å². The zero-order chi connectivity index (χ0) is 55.2. The Morgan fingerprint density at radius 3 is 1.56 bits per heavy atom. The fraction of sp³-hybridized carbons (Fsp3) is 0.333. The van der Waals surface area contributed by atoms with E-state index in [4.69, 9.17) is 42.6 Å². The van der Waals surface area contributed by atoms with E-state index in [1.807, 2.05) is 102 Å². The lowest BCUT2D eigenvalue weighted by molar-refractivity contribution is -0.146. The maximum absolute atomic E-state index is 13.4. The number of aryl methyl sites for hydroxylation is 2. The van der Waals surface area contributed by atoms with Crippen molar-refractivity contribution in [2.75, 3.05) is 33.7 Å². The number of halogens is 6. The van der Waals surface area contributed by atoms with E-state index >= 15 is 0 Å². The minimum absolute atomic E-state index is 0.00137. The average molecular weight is 1710 g/mol. The van der Waals surface area contributed by atoms with Crippen LogP contribution in [0.15, 0.2) is 72.8 Å². The summed E-state index contributed by atoms with van der Waals surface area (Å²) in [7, 11) is 1.36. The van der Waals surface area contributed by atoms with Crippen LogP contribution in [0.5, 0.6) is 23.0 Å². The molecule has 4 rings (SSSR count). The van der Waals surface area contributed by atoms with Gasteiger partial charge in [-0.1, -0.05) is 18.7 Å². The third-order valence-corrected chi connectivity index (χ3v) is 14.8. The van der Waals surface area contributed by atoms with Gasteiger partial charge in [0.25, 0.3) is 0 Å². The fourth-order valence-corrected chi connectivity index (χ4v) is 12.8. The Labute approximate surface area is 514 Å². The predicted molar refractivity (Wildman–Crippen MR) is 322 cm³/mol. The van der Waals surface area contributed by atoms with Gasteiger partial charge in [0.2, 0.25) is 5.91 Å². The molecule has 4 aromatic rings. The molecule has 1 atom stereocenters. The number of carbonyl (C=O) groups excluding carboxylic acids is 8. The maximum Gasteiger partial charge on any atom is 0.519 e. The number of benzene rings is 4. The molecular weight excluding hydrogens is 1660 g/mol. The number of nitrogens with one attached hydrogen (secondary N) is 1. The third-order valence-electron chi connectivity index (χ3n) is 9.94. The van der Waals surface area contributed by atoms with E-state index in [2.05, 4.69) is 57.1 Å². The zero-order valence-corrected chi connectivity index (χ0v) is 53.4. The second-order valence-corrected chi connectivity index (χ2v) is 23.0. The van der Waals surface area contributed by atoms with Crippen LogP contribution in [-0.2, 0) is 78.1 Å². The number of Topliss-reactive ketones (excluding diaryl/α,β-unsaturated/α-hetero) is 1. The van der Waals surface area contributed by atoms with E-state index in [1.165, 1.54) is 33.1 Å². The molecule has 0 saturated heterocycles. The van der Waals surface area contributed by atoms with E-state index in [0.717, 1.165) is 18.3 Å². The zero-order valence-electron chi connectivity index (χ0n) is 40.5. The first-order valence-corrected chi connectivity index (χ1v) is 29.0. The van der Waals surface area contributed by atoms with Crippen LogP contribution >= 0.6 is 136 Å². The van der Waals surface area contributed by atoms with Gasteiger partial charge < -0.3 is 47.9 Å².